The van der Waals surface area contributed by atoms with E-state index in [0.29, 0.717) is 17.7 Å². The van der Waals surface area contributed by atoms with E-state index >= 15 is 0 Å². The highest BCUT2D eigenvalue weighted by molar-refractivity contribution is 7.78. The number of Topliss-reactive ketones (excluding diaryl/α,β-unsaturated/α-hetero) is 1. The van der Waals surface area contributed by atoms with Gasteiger partial charge < -0.3 is 41.0 Å². The molecule has 5 amide bonds. The molecular formula is C42H56N8O10S. The number of benzene rings is 2. The molecule has 2 aromatic carbocycles. The van der Waals surface area contributed by atoms with Crippen molar-refractivity contribution in [1.82, 2.24) is 35.8 Å². The van der Waals surface area contributed by atoms with Crippen LogP contribution >= 0.6 is 0 Å². The summed E-state index contributed by atoms with van der Waals surface area (Å²) in [6, 6.07) is 11.1. The number of hydrogen-bond acceptors (Lipinski definition) is 11. The van der Waals surface area contributed by atoms with Crippen LogP contribution in [0.15, 0.2) is 60.8 Å². The number of alkyl carbamates (subject to hydrolysis) is 1. The average molecular weight is 865 g/mol. The third kappa shape index (κ3) is 13.2. The lowest BCUT2D eigenvalue weighted by Crippen LogP contribution is -2.56. The lowest BCUT2D eigenvalue weighted by molar-refractivity contribution is -0.142. The lowest BCUT2D eigenvalue weighted by atomic mass is 9.84. The second-order valence-electron chi connectivity index (χ2n) is 16.2. The third-order valence-electron chi connectivity index (χ3n) is 11.1. The Labute approximate surface area is 357 Å². The van der Waals surface area contributed by atoms with Crippen molar-refractivity contribution >= 4 is 46.6 Å². The highest BCUT2D eigenvalue weighted by atomic mass is 32.2. The molecule has 1 saturated heterocycles. The SMILES string of the molecule is CC(C)(O)c1cnnn1[C@H]1C[C@@H](C(=O)NC(CCCCNC(=O)OCc2ccccc2)C(=O)C(N)=O)N(C(=O)[C@@H](CC2CCCCC2)NC(=O)c2ccccc2CS(=O)O)C1. The number of likely N-dealkylation sites (tertiary alicyclic amines) is 1. The van der Waals surface area contributed by atoms with Crippen LogP contribution in [0.25, 0.3) is 0 Å². The first-order chi connectivity index (χ1) is 29.1. The number of unbranched alkanes of at least 4 members (excludes halogenated alkanes) is 1. The summed E-state index contributed by atoms with van der Waals surface area (Å²) in [5.74, 6) is -4.46. The molecule has 19 heteroatoms. The van der Waals surface area contributed by atoms with Gasteiger partial charge in [-0.25, -0.2) is 13.7 Å². The van der Waals surface area contributed by atoms with E-state index in [1.165, 1.54) is 21.8 Å². The molecule has 18 nitrogen and oxygen atoms in total. The van der Waals surface area contributed by atoms with Gasteiger partial charge in [0, 0.05) is 25.1 Å². The number of amides is 5. The van der Waals surface area contributed by atoms with Crippen LogP contribution in [-0.2, 0) is 53.0 Å². The van der Waals surface area contributed by atoms with Crippen LogP contribution in [0.5, 0.6) is 0 Å². The van der Waals surface area contributed by atoms with E-state index < -0.39 is 76.4 Å². The van der Waals surface area contributed by atoms with Crippen molar-refractivity contribution in [2.75, 3.05) is 13.1 Å². The Morgan fingerprint density at radius 1 is 0.967 bits per heavy atom. The summed E-state index contributed by atoms with van der Waals surface area (Å²) in [5.41, 5.74) is 5.60. The number of primary amides is 1. The topological polar surface area (TPSA) is 265 Å². The Hall–Kier alpha value is -5.53. The van der Waals surface area contributed by atoms with Gasteiger partial charge in [-0.15, -0.1) is 5.10 Å². The molecule has 2 aliphatic rings. The number of ketones is 1. The van der Waals surface area contributed by atoms with Gasteiger partial charge >= 0.3 is 6.09 Å². The van der Waals surface area contributed by atoms with E-state index in [4.69, 9.17) is 10.5 Å². The molecule has 1 aromatic heterocycles. The van der Waals surface area contributed by atoms with E-state index in [0.717, 1.165) is 37.7 Å². The van der Waals surface area contributed by atoms with Crippen LogP contribution in [0.1, 0.15) is 111 Å². The zero-order valence-electron chi connectivity index (χ0n) is 34.5. The first kappa shape index (κ1) is 46.5. The summed E-state index contributed by atoms with van der Waals surface area (Å²) in [5, 5.41) is 27.3. The lowest BCUT2D eigenvalue weighted by Gasteiger charge is -2.32. The van der Waals surface area contributed by atoms with Gasteiger partial charge in [-0.2, -0.15) is 0 Å². The molecule has 7 N–H and O–H groups in total. The number of hydrogen-bond donors (Lipinski definition) is 6. The monoisotopic (exact) mass is 864 g/mol. The maximum absolute atomic E-state index is 14.9. The van der Waals surface area contributed by atoms with Crippen molar-refractivity contribution in [1.29, 1.82) is 0 Å². The van der Waals surface area contributed by atoms with Gasteiger partial charge in [-0.3, -0.25) is 24.0 Å². The molecule has 2 fully saturated rings. The molecule has 0 bridgehead atoms. The zero-order valence-corrected chi connectivity index (χ0v) is 35.3. The second kappa shape index (κ2) is 21.8. The smallest absolute Gasteiger partial charge is 0.407 e. The molecule has 61 heavy (non-hydrogen) atoms. The van der Waals surface area contributed by atoms with Gasteiger partial charge in [0.25, 0.3) is 11.8 Å². The normalized spacial score (nSPS) is 18.4. The van der Waals surface area contributed by atoms with Crippen LogP contribution in [0.4, 0.5) is 4.79 Å². The van der Waals surface area contributed by atoms with Gasteiger partial charge in [-0.1, -0.05) is 85.8 Å². The van der Waals surface area contributed by atoms with Crippen molar-refractivity contribution in [3.8, 4) is 0 Å². The number of ether oxygens (including phenoxy) is 1. The van der Waals surface area contributed by atoms with Gasteiger partial charge in [-0.05, 0) is 62.6 Å². The first-order valence-electron chi connectivity index (χ1n) is 20.6. The Balaban J connectivity index is 1.35. The zero-order chi connectivity index (χ0) is 44.1. The van der Waals surface area contributed by atoms with E-state index in [-0.39, 0.29) is 62.6 Å². The summed E-state index contributed by atoms with van der Waals surface area (Å²) in [4.78, 5) is 81.9. The quantitative estimate of drug-likeness (QED) is 0.0544. The van der Waals surface area contributed by atoms with Crippen molar-refractivity contribution < 1.29 is 47.4 Å². The fourth-order valence-corrected chi connectivity index (χ4v) is 8.51. The van der Waals surface area contributed by atoms with E-state index in [1.807, 2.05) is 30.3 Å². The Kier molecular flexibility index (Phi) is 16.7. The number of nitrogens with zero attached hydrogens (tertiary/aromatic N) is 4. The fourth-order valence-electron chi connectivity index (χ4n) is 8.00. The molecule has 2 unspecified atom stereocenters. The molecule has 1 aliphatic heterocycles. The van der Waals surface area contributed by atoms with Crippen LogP contribution in [0.3, 0.4) is 0 Å². The molecule has 5 rings (SSSR count). The Morgan fingerprint density at radius 2 is 1.67 bits per heavy atom. The van der Waals surface area contributed by atoms with Crippen molar-refractivity contribution in [3.63, 3.8) is 0 Å². The number of aliphatic hydroxyl groups is 1. The molecule has 5 atom stereocenters. The number of rotatable bonds is 20. The summed E-state index contributed by atoms with van der Waals surface area (Å²) in [7, 11) is 0. The van der Waals surface area contributed by atoms with Crippen LogP contribution in [0, 0.1) is 5.92 Å². The maximum Gasteiger partial charge on any atom is 0.407 e. The number of carbonyl (C=O) groups is 6. The summed E-state index contributed by atoms with van der Waals surface area (Å²) >= 11 is -2.24. The van der Waals surface area contributed by atoms with E-state index in [2.05, 4.69) is 26.3 Å². The number of aromatic nitrogens is 3. The molecule has 1 aliphatic carbocycles. The molecule has 0 spiro atoms. The summed E-state index contributed by atoms with van der Waals surface area (Å²) in [6.45, 7) is 3.28. The van der Waals surface area contributed by atoms with Crippen LogP contribution in [0.2, 0.25) is 0 Å². The number of nitrogens with two attached hydrogens (primary N) is 1. The van der Waals surface area contributed by atoms with Crippen LogP contribution in [-0.4, -0.2) is 100 Å². The third-order valence-corrected chi connectivity index (χ3v) is 11.7. The molecule has 330 valence electrons. The van der Waals surface area contributed by atoms with Gasteiger partial charge in [0.2, 0.25) is 17.6 Å². The fraction of sp³-hybridized carbons (Fsp3) is 0.524. The minimum absolute atomic E-state index is 0.0112. The molecule has 1 saturated carbocycles. The molecule has 2 heterocycles. The van der Waals surface area contributed by atoms with Crippen molar-refractivity contribution in [2.45, 2.75) is 120 Å². The molecular weight excluding hydrogens is 809 g/mol. The highest BCUT2D eigenvalue weighted by Gasteiger charge is 2.45. The van der Waals surface area contributed by atoms with Crippen LogP contribution < -0.4 is 21.7 Å². The predicted molar refractivity (Wildman–Crippen MR) is 222 cm³/mol. The standard InChI is InChI=1S/C42H56N8O10S/c1-42(2,57)35-23-45-48-50(35)30-22-34(39(54)46-32(36(51)37(43)52)19-11-12-20-44-41(56)60-25-28-15-7-4-8-16-28)49(24-30)40(55)33(21-27-13-5-3-6-14-27)47-38(53)31-18-10-9-17-29(31)26-61(58)59/h4,7-10,15-18,23,27,30,32-34,57H,3,5-6,11-14,19-22,24-26H2,1-2H3,(H2,43,52)(H,44,56)(H,46,54)(H,47,53)(H,58,59)/t30-,32?,33+,34-/m0/s1. The van der Waals surface area contributed by atoms with E-state index in [1.54, 1.807) is 32.0 Å². The van der Waals surface area contributed by atoms with Gasteiger partial charge in [0.15, 0.2) is 11.1 Å². The van der Waals surface area contributed by atoms with Gasteiger partial charge in [0.1, 0.15) is 24.3 Å². The van der Waals surface area contributed by atoms with Crippen molar-refractivity contribution in [2.24, 2.45) is 11.7 Å². The average Bonchev–Trinajstić information content (AvgIpc) is 3.91. The minimum Gasteiger partial charge on any atom is -0.445 e. The van der Waals surface area contributed by atoms with Gasteiger partial charge in [0.05, 0.1) is 29.7 Å². The Morgan fingerprint density at radius 3 is 2.36 bits per heavy atom. The number of nitrogens with one attached hydrogen (secondary N) is 3. The highest BCUT2D eigenvalue weighted by Crippen LogP contribution is 2.34. The first-order valence-corrected chi connectivity index (χ1v) is 21.9. The second-order valence-corrected chi connectivity index (χ2v) is 17.1. The maximum atomic E-state index is 14.9. The van der Waals surface area contributed by atoms with E-state index in [9.17, 15) is 42.6 Å². The minimum atomic E-state index is -2.24. The number of carbonyl (C=O) groups excluding carboxylic acids is 6. The largest absolute Gasteiger partial charge is 0.445 e. The summed E-state index contributed by atoms with van der Waals surface area (Å²) in [6.07, 6.45) is 6.27. The molecule has 0 radical (unpaired) electrons. The van der Waals surface area contributed by atoms with Crippen molar-refractivity contribution in [3.05, 3.63) is 83.2 Å². The summed E-state index contributed by atoms with van der Waals surface area (Å²) < 4.78 is 28.0. The Bertz CT molecular complexity index is 2030. The predicted octanol–water partition coefficient (Wildman–Crippen LogP) is 2.77. The molecule has 3 aromatic rings.